The second kappa shape index (κ2) is 12.5. The number of allylic oxidation sites excluding steroid dienone is 1. The van der Waals surface area contributed by atoms with E-state index in [4.69, 9.17) is 0 Å². The summed E-state index contributed by atoms with van der Waals surface area (Å²) >= 11 is 6.16. The van der Waals surface area contributed by atoms with E-state index in [1.165, 1.54) is 0 Å². The SMILES string of the molecule is CC1=C(CCC(=O)O)/C(=C/c2[nH]c(C[C@H]3NC(=O)/C(=C/CS)C3C)c(C)c2CCC(=O)O)N2N[C@@]12CC1NC(=O)[C@H](C)[C@H]1[C@@H]1CS1. The molecule has 46 heavy (non-hydrogen) atoms. The highest BCUT2D eigenvalue weighted by molar-refractivity contribution is 8.06. The summed E-state index contributed by atoms with van der Waals surface area (Å²) in [7, 11) is 0. The maximum atomic E-state index is 12.7. The standard InChI is InChI=1S/C33H43N5O6S2/c1-15-19(5-7-28(39)40)24(34-22(15)11-23-16(2)20(9-10-45)32(44)35-23)12-26-21(6-8-29(41)42)18(4)33(37-38(26)33)13-25-30(27-14-46-27)17(3)31(43)36-25/h9,12,16-17,23,25,27,30,34,37,45H,5-8,10-11,13-14H2,1-4H3,(H,35,44)(H,36,43)(H,39,40)(H,41,42)/b20-9+,26-12-/t16?,17-,23-,25?,27+,30-,33-,38?/m1/s1. The summed E-state index contributed by atoms with van der Waals surface area (Å²) in [5, 5.41) is 28.0. The minimum Gasteiger partial charge on any atom is -0.481 e. The first kappa shape index (κ1) is 32.8. The fraction of sp³-hybridized carbons (Fsp3) is 0.576. The number of nitrogens with one attached hydrogen (secondary N) is 4. The van der Waals surface area contributed by atoms with E-state index in [9.17, 15) is 29.4 Å². The minimum atomic E-state index is -0.888. The van der Waals surface area contributed by atoms with E-state index in [1.807, 2.05) is 51.6 Å². The van der Waals surface area contributed by atoms with E-state index in [2.05, 4.69) is 38.7 Å². The van der Waals surface area contributed by atoms with E-state index in [0.29, 0.717) is 36.7 Å². The Hall–Kier alpha value is -3.16. The molecule has 0 saturated carbocycles. The number of aliphatic carboxylic acids is 2. The lowest BCUT2D eigenvalue weighted by Gasteiger charge is -2.23. The van der Waals surface area contributed by atoms with Crippen molar-refractivity contribution in [3.63, 3.8) is 0 Å². The number of fused-ring (bicyclic) bond motifs is 1. The van der Waals surface area contributed by atoms with E-state index in [0.717, 1.165) is 50.7 Å². The molecule has 0 bridgehead atoms. The number of aromatic nitrogens is 1. The maximum Gasteiger partial charge on any atom is 0.303 e. The van der Waals surface area contributed by atoms with Crippen LogP contribution in [0, 0.1) is 24.7 Å². The number of rotatable bonds is 13. The van der Waals surface area contributed by atoms with Gasteiger partial charge in [0.2, 0.25) is 11.8 Å². The number of thiol groups is 1. The van der Waals surface area contributed by atoms with Gasteiger partial charge in [-0.05, 0) is 55.0 Å². The first-order valence-electron chi connectivity index (χ1n) is 16.0. The van der Waals surface area contributed by atoms with Crippen LogP contribution >= 0.6 is 24.4 Å². The molecule has 0 aromatic carbocycles. The number of carbonyl (C=O) groups excluding carboxylic acids is 2. The van der Waals surface area contributed by atoms with Gasteiger partial charge in [0.05, 0.1) is 5.70 Å². The highest BCUT2D eigenvalue weighted by atomic mass is 32.2. The van der Waals surface area contributed by atoms with Gasteiger partial charge in [-0.3, -0.25) is 24.2 Å². The molecular weight excluding hydrogens is 627 g/mol. The van der Waals surface area contributed by atoms with Gasteiger partial charge in [-0.1, -0.05) is 19.9 Å². The van der Waals surface area contributed by atoms with Crippen LogP contribution < -0.4 is 16.1 Å². The van der Waals surface area contributed by atoms with Crippen molar-refractivity contribution in [2.24, 2.45) is 17.8 Å². The van der Waals surface area contributed by atoms with Crippen LogP contribution in [0.25, 0.3) is 6.08 Å². The summed E-state index contributed by atoms with van der Waals surface area (Å²) in [6.45, 7) is 8.06. The normalized spacial score (nSPS) is 33.2. The molecule has 0 spiro atoms. The third kappa shape index (κ3) is 5.90. The van der Waals surface area contributed by atoms with Crippen LogP contribution in [-0.2, 0) is 32.0 Å². The van der Waals surface area contributed by atoms with Gasteiger partial charge in [-0.2, -0.15) is 24.4 Å². The molecule has 2 amide bonds. The molecular formula is C33H43N5O6S2. The number of hydrogen-bond donors (Lipinski definition) is 7. The number of hydrogen-bond acceptors (Lipinski definition) is 8. The summed E-state index contributed by atoms with van der Waals surface area (Å²) < 4.78 is 0. The van der Waals surface area contributed by atoms with Crippen molar-refractivity contribution in [1.29, 1.82) is 0 Å². The number of amides is 2. The highest BCUT2D eigenvalue weighted by Gasteiger charge is 2.63. The fourth-order valence-electron chi connectivity index (χ4n) is 7.90. The lowest BCUT2D eigenvalue weighted by molar-refractivity contribution is -0.138. The molecule has 1 aromatic rings. The first-order valence-corrected chi connectivity index (χ1v) is 17.7. The van der Waals surface area contributed by atoms with Crippen molar-refractivity contribution in [1.82, 2.24) is 26.1 Å². The Balaban J connectivity index is 1.34. The predicted molar refractivity (Wildman–Crippen MR) is 179 cm³/mol. The quantitative estimate of drug-likeness (QED) is 0.0946. The third-order valence-electron chi connectivity index (χ3n) is 10.7. The second-order valence-corrected chi connectivity index (χ2v) is 15.0. The number of hydrazine groups is 1. The van der Waals surface area contributed by atoms with Crippen molar-refractivity contribution in [2.75, 3.05) is 11.5 Å². The molecule has 6 heterocycles. The van der Waals surface area contributed by atoms with Gasteiger partial charge in [-0.15, -0.1) is 0 Å². The Morgan fingerprint density at radius 1 is 1.07 bits per heavy atom. The summed E-state index contributed by atoms with van der Waals surface area (Å²) in [6.07, 6.45) is 5.71. The molecule has 4 saturated heterocycles. The molecule has 2 unspecified atom stereocenters. The number of carbonyl (C=O) groups is 4. The molecule has 13 heteroatoms. The molecule has 11 nitrogen and oxygen atoms in total. The van der Waals surface area contributed by atoms with Crippen molar-refractivity contribution < 1.29 is 29.4 Å². The molecule has 6 rings (SSSR count). The molecule has 248 valence electrons. The number of carboxylic acids is 2. The third-order valence-corrected chi connectivity index (χ3v) is 11.9. The van der Waals surface area contributed by atoms with Crippen molar-refractivity contribution in [3.05, 3.63) is 51.0 Å². The smallest absolute Gasteiger partial charge is 0.303 e. The average molecular weight is 670 g/mol. The minimum absolute atomic E-state index is 0.00518. The average Bonchev–Trinajstić information content (AvgIpc) is 3.87. The molecule has 0 aliphatic carbocycles. The Morgan fingerprint density at radius 2 is 1.76 bits per heavy atom. The van der Waals surface area contributed by atoms with Gasteiger partial charge < -0.3 is 25.8 Å². The zero-order valence-electron chi connectivity index (χ0n) is 26.6. The van der Waals surface area contributed by atoms with Crippen LogP contribution in [0.3, 0.4) is 0 Å². The summed E-state index contributed by atoms with van der Waals surface area (Å²) in [5.74, 6) is -0.0174. The zero-order chi connectivity index (χ0) is 33.1. The summed E-state index contributed by atoms with van der Waals surface area (Å²) in [6, 6.07) is -0.114. The first-order chi connectivity index (χ1) is 21.9. The molecule has 5 aliphatic heterocycles. The molecule has 6 N–H and O–H groups in total. The van der Waals surface area contributed by atoms with E-state index in [1.54, 1.807) is 0 Å². The molecule has 4 fully saturated rings. The van der Waals surface area contributed by atoms with Gasteiger partial charge in [0.15, 0.2) is 0 Å². The van der Waals surface area contributed by atoms with Crippen LogP contribution in [0.5, 0.6) is 0 Å². The van der Waals surface area contributed by atoms with Crippen molar-refractivity contribution >= 4 is 54.2 Å². The molecule has 1 aromatic heterocycles. The zero-order valence-corrected chi connectivity index (χ0v) is 28.3. The summed E-state index contributed by atoms with van der Waals surface area (Å²) in [5.41, 5.74) is 10.2. The topological polar surface area (TPSA) is 174 Å². The predicted octanol–water partition coefficient (Wildman–Crippen LogP) is 3.18. The molecule has 5 aliphatic rings. The van der Waals surface area contributed by atoms with Crippen LogP contribution in [0.2, 0.25) is 0 Å². The molecule has 7 atom stereocenters. The maximum absolute atomic E-state index is 12.7. The number of aromatic amines is 1. The van der Waals surface area contributed by atoms with E-state index < -0.39 is 17.6 Å². The fourth-order valence-corrected chi connectivity index (χ4v) is 9.08. The Bertz CT molecular complexity index is 1580. The van der Waals surface area contributed by atoms with Gasteiger partial charge in [0.1, 0.15) is 5.66 Å². The lowest BCUT2D eigenvalue weighted by atomic mass is 9.84. The van der Waals surface area contributed by atoms with E-state index in [-0.39, 0.29) is 54.5 Å². The lowest BCUT2D eigenvalue weighted by Crippen LogP contribution is -2.37. The Kier molecular flexibility index (Phi) is 8.88. The number of nitrogens with zero attached hydrogens (tertiary/aromatic N) is 1. The number of carboxylic acid groups (broad SMARTS) is 2. The number of thioether (sulfide) groups is 1. The van der Waals surface area contributed by atoms with Gasteiger partial charge >= 0.3 is 11.9 Å². The summed E-state index contributed by atoms with van der Waals surface area (Å²) in [4.78, 5) is 52.2. The Morgan fingerprint density at radius 3 is 2.41 bits per heavy atom. The Labute approximate surface area is 278 Å². The van der Waals surface area contributed by atoms with Crippen LogP contribution in [-0.4, -0.2) is 78.5 Å². The monoisotopic (exact) mass is 669 g/mol. The van der Waals surface area contributed by atoms with Gasteiger partial charge in [-0.25, -0.2) is 5.43 Å². The van der Waals surface area contributed by atoms with Crippen LogP contribution in [0.4, 0.5) is 0 Å². The van der Waals surface area contributed by atoms with Gasteiger partial charge in [0, 0.05) is 89.2 Å². The second-order valence-electron chi connectivity index (χ2n) is 13.3. The van der Waals surface area contributed by atoms with Crippen LogP contribution in [0.1, 0.15) is 69.0 Å². The van der Waals surface area contributed by atoms with Crippen LogP contribution in [0.15, 0.2) is 28.5 Å². The molecule has 0 radical (unpaired) electrons. The largest absolute Gasteiger partial charge is 0.481 e. The van der Waals surface area contributed by atoms with E-state index >= 15 is 0 Å². The van der Waals surface area contributed by atoms with Crippen molar-refractivity contribution in [2.45, 2.75) is 89.2 Å². The number of H-pyrrole nitrogens is 1. The van der Waals surface area contributed by atoms with Gasteiger partial charge in [0.25, 0.3) is 0 Å². The van der Waals surface area contributed by atoms with Crippen molar-refractivity contribution in [3.8, 4) is 0 Å². The highest BCUT2D eigenvalue weighted by Crippen LogP contribution is 2.55.